The lowest BCUT2D eigenvalue weighted by molar-refractivity contribution is 0.0948. The molecule has 0 aliphatic carbocycles. The molecule has 0 aromatic heterocycles. The van der Waals surface area contributed by atoms with Gasteiger partial charge in [-0.25, -0.2) is 5.11 Å². The fourth-order valence-electron chi connectivity index (χ4n) is 0.0833. The summed E-state index contributed by atoms with van der Waals surface area (Å²) in [5.41, 5.74) is 0. The first-order valence-corrected chi connectivity index (χ1v) is 2.62. The van der Waals surface area contributed by atoms with Gasteiger partial charge < -0.3 is 4.74 Å². The van der Waals surface area contributed by atoms with Crippen molar-refractivity contribution in [2.24, 2.45) is 0 Å². The predicted octanol–water partition coefficient (Wildman–Crippen LogP) is 0.918. The predicted molar refractivity (Wildman–Crippen MR) is 29.2 cm³/mol. The fourth-order valence-corrected chi connectivity index (χ4v) is 0.0833. The molecule has 0 rings (SSSR count). The van der Waals surface area contributed by atoms with E-state index < -0.39 is 0 Å². The van der Waals surface area contributed by atoms with Crippen LogP contribution in [0.4, 0.5) is 0 Å². The van der Waals surface area contributed by atoms with E-state index in [1.807, 2.05) is 0 Å². The van der Waals surface area contributed by atoms with E-state index in [1.165, 1.54) is 13.5 Å². The molecule has 2 nitrogen and oxygen atoms in total. The second-order valence-corrected chi connectivity index (χ2v) is 0.697. The molecule has 0 heterocycles. The van der Waals surface area contributed by atoms with E-state index in [4.69, 9.17) is 0 Å². The van der Waals surface area contributed by atoms with E-state index >= 15 is 0 Å². The average Bonchev–Trinajstić information content (AvgIpc) is 1.75. The van der Waals surface area contributed by atoms with Crippen molar-refractivity contribution in [2.45, 2.75) is 0 Å². The molecule has 0 saturated heterocycles. The Morgan fingerprint density at radius 3 is 2.00 bits per heavy atom. The first-order chi connectivity index (χ1) is 3.41. The van der Waals surface area contributed by atoms with Crippen LogP contribution >= 0.6 is 11.6 Å². The van der Waals surface area contributed by atoms with Crippen LogP contribution in [0.5, 0.6) is 0 Å². The van der Waals surface area contributed by atoms with Gasteiger partial charge in [0.25, 0.3) is 0 Å². The second kappa shape index (κ2) is 16.4. The molecule has 0 aliphatic rings. The molecular weight excluding hydrogens is 115 g/mol. The molecule has 3 heteroatoms. The van der Waals surface area contributed by atoms with E-state index in [0.29, 0.717) is 6.61 Å². The number of hydrogen-bond acceptors (Lipinski definition) is 1. The van der Waals surface area contributed by atoms with Crippen LogP contribution in [-0.2, 0) is 9.84 Å². The van der Waals surface area contributed by atoms with Crippen molar-refractivity contribution in [3.63, 3.8) is 0 Å². The summed E-state index contributed by atoms with van der Waals surface area (Å²) in [5.74, 6) is 0. The minimum atomic E-state index is -0.128. The van der Waals surface area contributed by atoms with Crippen LogP contribution in [0.15, 0.2) is 0 Å². The molecule has 0 atom stereocenters. The summed E-state index contributed by atoms with van der Waals surface area (Å²) in [6, 6.07) is 0. The number of rotatable bonds is 2. The molecule has 0 N–H and O–H groups in total. The number of ether oxygens (including phenoxy) is 1. The largest absolute Gasteiger partial charge is 0.382 e. The monoisotopic (exact) mass is 125 g/mol. The molecule has 0 amide bonds. The van der Waals surface area contributed by atoms with Gasteiger partial charge in [-0.05, 0) is 0 Å². The van der Waals surface area contributed by atoms with Crippen molar-refractivity contribution in [1.82, 2.24) is 0 Å². The van der Waals surface area contributed by atoms with Gasteiger partial charge in [0.15, 0.2) is 0 Å². The van der Waals surface area contributed by atoms with E-state index in [-0.39, 0.29) is 6.61 Å². The van der Waals surface area contributed by atoms with Crippen molar-refractivity contribution in [3.8, 4) is 0 Å². The summed E-state index contributed by atoms with van der Waals surface area (Å²) in [7, 11) is 1.51. The Morgan fingerprint density at radius 1 is 1.57 bits per heavy atom. The highest BCUT2D eigenvalue weighted by atomic mass is 35.5. The molecule has 0 aromatic carbocycles. The van der Waals surface area contributed by atoms with Gasteiger partial charge in [0, 0.05) is 13.5 Å². The Morgan fingerprint density at radius 2 is 2.00 bits per heavy atom. The van der Waals surface area contributed by atoms with Crippen LogP contribution in [0.2, 0.25) is 0 Å². The minimum Gasteiger partial charge on any atom is -0.382 e. The quantitative estimate of drug-likeness (QED) is 0.505. The third-order valence-electron chi connectivity index (χ3n) is 0.287. The van der Waals surface area contributed by atoms with E-state index in [1.54, 1.807) is 0 Å². The van der Waals surface area contributed by atoms with Crippen LogP contribution in [-0.4, -0.2) is 26.7 Å². The average molecular weight is 126 g/mol. The second-order valence-electron chi connectivity index (χ2n) is 0.697. The van der Waals surface area contributed by atoms with Crippen molar-refractivity contribution in [2.75, 3.05) is 26.7 Å². The zero-order valence-corrected chi connectivity index (χ0v) is 5.36. The van der Waals surface area contributed by atoms with Crippen LogP contribution in [0, 0.1) is 0 Å². The Kier molecular flexibility index (Phi) is 23.9. The zero-order chi connectivity index (χ0) is 6.12. The lowest BCUT2D eigenvalue weighted by Crippen LogP contribution is -1.90. The highest BCUT2D eigenvalue weighted by Crippen LogP contribution is 1.57. The van der Waals surface area contributed by atoms with Crippen molar-refractivity contribution < 1.29 is 9.84 Å². The van der Waals surface area contributed by atoms with Crippen molar-refractivity contribution in [3.05, 3.63) is 0 Å². The lowest BCUT2D eigenvalue weighted by Gasteiger charge is -1.82. The molecule has 0 aromatic rings. The Hall–Kier alpha value is 0.210. The lowest BCUT2D eigenvalue weighted by atomic mass is 10.8. The molecular formula is C4H10ClO2. The number of halogens is 1. The van der Waals surface area contributed by atoms with Crippen LogP contribution in [0.1, 0.15) is 0 Å². The third kappa shape index (κ3) is 22.5. The standard InChI is InChI=1S/C3H7O2.CH3Cl/c1-5-3-2-4;1-2/h2-3H2,1H3;1H3. The molecule has 0 spiro atoms. The molecule has 0 fully saturated rings. The topological polar surface area (TPSA) is 29.1 Å². The maximum Gasteiger partial charge on any atom is 0.106 e. The van der Waals surface area contributed by atoms with Gasteiger partial charge in [0.1, 0.15) is 6.61 Å². The summed E-state index contributed by atoms with van der Waals surface area (Å²) >= 11 is 4.64. The summed E-state index contributed by atoms with van der Waals surface area (Å²) in [6.07, 6.45) is 1.47. The van der Waals surface area contributed by atoms with Crippen molar-refractivity contribution in [1.29, 1.82) is 0 Å². The third-order valence-corrected chi connectivity index (χ3v) is 0.287. The van der Waals surface area contributed by atoms with Crippen LogP contribution in [0.25, 0.3) is 0 Å². The van der Waals surface area contributed by atoms with Gasteiger partial charge >= 0.3 is 0 Å². The fraction of sp³-hybridized carbons (Fsp3) is 1.00. The van der Waals surface area contributed by atoms with Gasteiger partial charge in [0.05, 0.1) is 6.61 Å². The molecule has 0 unspecified atom stereocenters. The van der Waals surface area contributed by atoms with Gasteiger partial charge in [-0.15, -0.1) is 11.6 Å². The summed E-state index contributed by atoms with van der Waals surface area (Å²) < 4.78 is 4.38. The van der Waals surface area contributed by atoms with Gasteiger partial charge in [-0.1, -0.05) is 0 Å². The number of methoxy groups -OCH3 is 1. The van der Waals surface area contributed by atoms with E-state index in [9.17, 15) is 5.11 Å². The summed E-state index contributed by atoms with van der Waals surface area (Å²) in [4.78, 5) is 0. The smallest absolute Gasteiger partial charge is 0.106 e. The van der Waals surface area contributed by atoms with Gasteiger partial charge in [0.2, 0.25) is 0 Å². The molecule has 7 heavy (non-hydrogen) atoms. The molecule has 0 saturated carbocycles. The molecule has 0 bridgehead atoms. The van der Waals surface area contributed by atoms with Crippen molar-refractivity contribution >= 4 is 11.6 Å². The molecule has 0 aliphatic heterocycles. The van der Waals surface area contributed by atoms with Crippen LogP contribution in [0.3, 0.4) is 0 Å². The highest BCUT2D eigenvalue weighted by molar-refractivity contribution is 6.15. The minimum absolute atomic E-state index is 0.128. The molecule has 45 valence electrons. The Balaban J connectivity index is 0. The summed E-state index contributed by atoms with van der Waals surface area (Å²) in [6.45, 7) is 0.205. The van der Waals surface area contributed by atoms with Crippen LogP contribution < -0.4 is 0 Å². The Bertz CT molecular complexity index is 17.2. The Labute approximate surface area is 49.1 Å². The zero-order valence-electron chi connectivity index (χ0n) is 4.61. The normalized spacial score (nSPS) is 6.86. The molecule has 1 radical (unpaired) electrons. The van der Waals surface area contributed by atoms with E-state index in [0.717, 1.165) is 0 Å². The maximum atomic E-state index is 9.40. The number of hydrogen-bond donors (Lipinski definition) is 0. The number of alkyl halides is 1. The maximum absolute atomic E-state index is 9.40. The van der Waals surface area contributed by atoms with Gasteiger partial charge in [-0.3, -0.25) is 0 Å². The van der Waals surface area contributed by atoms with Gasteiger partial charge in [-0.2, -0.15) is 0 Å². The first-order valence-electron chi connectivity index (χ1n) is 1.86. The first kappa shape index (κ1) is 10.2. The highest BCUT2D eigenvalue weighted by Gasteiger charge is 1.69. The SMILES string of the molecule is CCl.COCC[O]. The van der Waals surface area contributed by atoms with E-state index in [2.05, 4.69) is 16.3 Å². The summed E-state index contributed by atoms with van der Waals surface area (Å²) in [5, 5.41) is 9.40.